The average Bonchev–Trinajstić information content (AvgIpc) is 3.59. The number of hydrogen-bond donors (Lipinski definition) is 23. The van der Waals surface area contributed by atoms with Gasteiger partial charge in [-0.15, -0.1) is 0 Å². The zero-order valence-electron chi connectivity index (χ0n) is 50.2. The minimum absolute atomic E-state index is 0.0134. The molecule has 0 saturated carbocycles. The Hall–Kier alpha value is -9.07. The maximum absolute atomic E-state index is 14.5. The predicted molar refractivity (Wildman–Crippen MR) is 331 cm³/mol. The monoisotopic (exact) mass is 1250 g/mol. The molecule has 0 aromatic carbocycles. The third-order valence-corrected chi connectivity index (χ3v) is 12.8. The van der Waals surface area contributed by atoms with Gasteiger partial charge in [0.25, 0.3) is 0 Å². The van der Waals surface area contributed by atoms with Gasteiger partial charge in [0.1, 0.15) is 48.3 Å². The van der Waals surface area contributed by atoms with E-state index in [0.717, 1.165) is 0 Å². The fourth-order valence-corrected chi connectivity index (χ4v) is 8.12. The van der Waals surface area contributed by atoms with Crippen LogP contribution in [0.3, 0.4) is 0 Å². The first-order valence-corrected chi connectivity index (χ1v) is 28.9. The van der Waals surface area contributed by atoms with Gasteiger partial charge in [-0.1, -0.05) is 0 Å². The van der Waals surface area contributed by atoms with Gasteiger partial charge in [-0.25, -0.2) is 4.79 Å². The van der Waals surface area contributed by atoms with E-state index in [2.05, 4.69) is 67.5 Å². The second-order valence-corrected chi connectivity index (χ2v) is 20.4. The van der Waals surface area contributed by atoms with Crippen LogP contribution in [-0.2, 0) is 47.9 Å². The van der Waals surface area contributed by atoms with Crippen molar-refractivity contribution in [3.05, 3.63) is 0 Å². The quantitative estimate of drug-likeness (QED) is 0.0153. The van der Waals surface area contributed by atoms with E-state index in [-0.39, 0.29) is 146 Å². The number of amides is 9. The van der Waals surface area contributed by atoms with E-state index in [0.29, 0.717) is 32.1 Å². The van der Waals surface area contributed by atoms with Gasteiger partial charge in [0.2, 0.25) is 53.2 Å². The average molecular weight is 1250 g/mol. The number of unbranched alkanes of at least 4 members (excludes halogenated alkanes) is 2. The second-order valence-electron chi connectivity index (χ2n) is 20.4. The van der Waals surface area contributed by atoms with E-state index in [1.807, 2.05) is 0 Å². The number of nitrogens with zero attached hydrogens (tertiary/aromatic N) is 5. The predicted octanol–water partition coefficient (Wildman–Crippen LogP) is -9.91. The summed E-state index contributed by atoms with van der Waals surface area (Å²) >= 11 is 0. The number of hydrogen-bond acceptors (Lipinski definition) is 18. The van der Waals surface area contributed by atoms with E-state index >= 15 is 0 Å². The molecule has 37 N–H and O–H groups in total. The molecule has 0 aromatic heterocycles. The van der Waals surface area contributed by atoms with Gasteiger partial charge in [0, 0.05) is 39.1 Å². The summed E-state index contributed by atoms with van der Waals surface area (Å²) < 4.78 is 0. The topological polar surface area (TPSA) is 713 Å². The molecule has 0 aliphatic heterocycles. The molecule has 0 fully saturated rings. The maximum Gasteiger partial charge on any atom is 0.326 e. The number of nitrogens with two attached hydrogens (primary N) is 14. The molecular weight excluding hydrogens is 1150 g/mol. The van der Waals surface area contributed by atoms with Crippen molar-refractivity contribution in [1.29, 1.82) is 0 Å². The first kappa shape index (κ1) is 78.9. The zero-order chi connectivity index (χ0) is 66.7. The molecule has 0 aromatic rings. The Balaban J connectivity index is 7.18. The highest BCUT2D eigenvalue weighted by atomic mass is 16.4. The Morgan fingerprint density at radius 1 is 0.330 bits per heavy atom. The van der Waals surface area contributed by atoms with E-state index in [4.69, 9.17) is 80.3 Å². The van der Waals surface area contributed by atoms with Gasteiger partial charge in [-0.2, -0.15) is 0 Å². The highest BCUT2D eigenvalue weighted by Gasteiger charge is 2.35. The maximum atomic E-state index is 14.5. The summed E-state index contributed by atoms with van der Waals surface area (Å²) in [6.07, 6.45) is 1.07. The molecule has 0 bridgehead atoms. The van der Waals surface area contributed by atoms with Crippen LogP contribution >= 0.6 is 0 Å². The van der Waals surface area contributed by atoms with Gasteiger partial charge in [-0.05, 0) is 129 Å². The fourth-order valence-electron chi connectivity index (χ4n) is 8.12. The van der Waals surface area contributed by atoms with E-state index in [9.17, 15) is 53.1 Å². The van der Waals surface area contributed by atoms with Crippen LogP contribution in [0.2, 0.25) is 0 Å². The molecule has 0 saturated heterocycles. The summed E-state index contributed by atoms with van der Waals surface area (Å²) in [4.78, 5) is 156. The van der Waals surface area contributed by atoms with Crippen LogP contribution in [0, 0.1) is 0 Å². The van der Waals surface area contributed by atoms with Gasteiger partial charge >= 0.3 is 5.97 Å². The van der Waals surface area contributed by atoms with Crippen molar-refractivity contribution in [1.82, 2.24) is 42.5 Å². The standard InChI is InChI=1S/C50H99N27O11/c1-27(37(79)77-35(45(87)88)17-10-26-69-50(63)64)70-39(81)31(14-7-23-66-47(57)58)73-44(86)34(18-19-36(54)78)76-43(85)33(16-9-25-68-49(61)62)75-42(84)32(15-8-24-67-48(59)60)74-41(83)30(13-3-5-21-52)72-40(82)29(12-2-4-20-51)71-38(80)28(53)11-6-22-65-46(55)56/h27-35H,2-26,51-53H2,1H3,(H2,54,78)(H,70,81)(H,71,80)(H,72,82)(H,73,86)(H,74,83)(H,75,84)(H,76,85)(H,77,79)(H,87,88)(H4,55,56,65)(H4,57,58,66)(H4,59,60,67)(H4,61,62,68)(H4,63,64,69)/t27-,28+,29-,30-,31-,32-,33+,34-,35+/m0/s1. The van der Waals surface area contributed by atoms with Crippen LogP contribution in [-0.4, -0.2) is 194 Å². The highest BCUT2D eigenvalue weighted by Crippen LogP contribution is 2.11. The highest BCUT2D eigenvalue weighted by molar-refractivity contribution is 5.98. The molecule has 500 valence electrons. The van der Waals surface area contributed by atoms with Crippen molar-refractivity contribution in [3.63, 3.8) is 0 Å². The number of guanidine groups is 5. The third-order valence-electron chi connectivity index (χ3n) is 12.8. The summed E-state index contributed by atoms with van der Waals surface area (Å²) in [5.74, 6) is -10.6. The molecule has 0 rings (SSSR count). The zero-order valence-corrected chi connectivity index (χ0v) is 50.2. The Morgan fingerprint density at radius 3 is 0.864 bits per heavy atom. The van der Waals surface area contributed by atoms with Gasteiger partial charge in [0.15, 0.2) is 29.8 Å². The number of nitrogens with one attached hydrogen (secondary N) is 8. The number of aliphatic carboxylic acids is 1. The Morgan fingerprint density at radius 2 is 0.580 bits per heavy atom. The number of aliphatic imine (C=N–C) groups is 5. The van der Waals surface area contributed by atoms with Crippen LogP contribution in [0.1, 0.15) is 122 Å². The lowest BCUT2D eigenvalue weighted by Gasteiger charge is -2.28. The number of primary amides is 1. The van der Waals surface area contributed by atoms with Crippen LogP contribution in [0.4, 0.5) is 0 Å². The lowest BCUT2D eigenvalue weighted by Crippen LogP contribution is -2.60. The Labute approximate surface area is 511 Å². The molecule has 0 aliphatic carbocycles. The Bertz CT molecular complexity index is 2370. The molecule has 38 heteroatoms. The van der Waals surface area contributed by atoms with Crippen LogP contribution in [0.5, 0.6) is 0 Å². The summed E-state index contributed by atoms with van der Waals surface area (Å²) in [6.45, 7) is 1.94. The fraction of sp³-hybridized carbons (Fsp3) is 0.700. The largest absolute Gasteiger partial charge is 0.480 e. The number of rotatable bonds is 48. The van der Waals surface area contributed by atoms with E-state index < -0.39 is 126 Å². The lowest BCUT2D eigenvalue weighted by atomic mass is 10.0. The number of carboxylic acid groups (broad SMARTS) is 1. The summed E-state index contributed by atoms with van der Waals surface area (Å²) in [7, 11) is 0. The number of carboxylic acids is 1. The third kappa shape index (κ3) is 37.4. The second kappa shape index (κ2) is 45.3. The molecule has 38 nitrogen and oxygen atoms in total. The minimum atomic E-state index is -1.65. The summed E-state index contributed by atoms with van der Waals surface area (Å²) in [5.41, 5.74) is 77.7. The van der Waals surface area contributed by atoms with Gasteiger partial charge in [-0.3, -0.25) is 68.1 Å². The van der Waals surface area contributed by atoms with Crippen molar-refractivity contribution >= 4 is 88.9 Å². The molecule has 9 amide bonds. The van der Waals surface area contributed by atoms with E-state index in [1.165, 1.54) is 6.92 Å². The van der Waals surface area contributed by atoms with Crippen molar-refractivity contribution in [2.45, 2.75) is 177 Å². The Kier molecular flexibility index (Phi) is 40.6. The molecule has 9 atom stereocenters. The van der Waals surface area contributed by atoms with Gasteiger partial charge in [0.05, 0.1) is 6.04 Å². The summed E-state index contributed by atoms with van der Waals surface area (Å²) in [6, 6.07) is -12.5. The molecule has 88 heavy (non-hydrogen) atoms. The van der Waals surface area contributed by atoms with Crippen LogP contribution < -0.4 is 123 Å². The van der Waals surface area contributed by atoms with E-state index in [1.54, 1.807) is 0 Å². The van der Waals surface area contributed by atoms with Gasteiger partial charge < -0.3 is 128 Å². The smallest absolute Gasteiger partial charge is 0.326 e. The molecule has 0 radical (unpaired) electrons. The first-order chi connectivity index (χ1) is 41.5. The van der Waals surface area contributed by atoms with Crippen molar-refractivity contribution < 1.29 is 53.1 Å². The molecule has 0 heterocycles. The lowest BCUT2D eigenvalue weighted by molar-refractivity contribution is -0.142. The first-order valence-electron chi connectivity index (χ1n) is 28.9. The molecule has 0 spiro atoms. The SMILES string of the molecule is C[C@H](NC(=O)[C@H](CCCN=C(N)N)NC(=O)[C@H](CCC(N)=O)NC(=O)[C@@H](CCCN=C(N)N)NC(=O)[C@H](CCCN=C(N)N)NC(=O)[C@H](CCCCN)NC(=O)[C@H](CCCCN)NC(=O)[C@H](N)CCCN=C(N)N)C(=O)N[C@H](CCCN=C(N)N)C(=O)O. The van der Waals surface area contributed by atoms with Crippen molar-refractivity contribution in [2.75, 3.05) is 45.8 Å². The molecule has 0 unspecified atom stereocenters. The normalized spacial score (nSPS) is 13.8. The summed E-state index contributed by atoms with van der Waals surface area (Å²) in [5, 5.41) is 30.2. The number of carbonyl (C=O) groups is 10. The van der Waals surface area contributed by atoms with Crippen molar-refractivity contribution in [3.8, 4) is 0 Å². The molecular formula is C50H99N27O11. The molecule has 0 aliphatic rings. The minimum Gasteiger partial charge on any atom is -0.480 e. The number of carbonyl (C=O) groups excluding carboxylic acids is 9. The van der Waals surface area contributed by atoms with Crippen LogP contribution in [0.25, 0.3) is 0 Å². The van der Waals surface area contributed by atoms with Crippen molar-refractivity contribution in [2.24, 2.45) is 105 Å². The van der Waals surface area contributed by atoms with Crippen LogP contribution in [0.15, 0.2) is 25.0 Å².